The van der Waals surface area contributed by atoms with E-state index in [2.05, 4.69) is 15.5 Å². The first kappa shape index (κ1) is 21.0. The molecule has 2 aromatic heterocycles. The van der Waals surface area contributed by atoms with E-state index in [0.29, 0.717) is 17.8 Å². The lowest BCUT2D eigenvalue weighted by Crippen LogP contribution is -2.15. The third-order valence-electron chi connectivity index (χ3n) is 4.29. The van der Waals surface area contributed by atoms with Crippen LogP contribution in [-0.2, 0) is 19.3 Å². The second kappa shape index (κ2) is 7.97. The fraction of sp³-hybridized carbons (Fsp3) is 0.278. The lowest BCUT2D eigenvalue weighted by Gasteiger charge is -2.09. The van der Waals surface area contributed by atoms with Crippen LogP contribution in [0.5, 0.6) is 0 Å². The van der Waals surface area contributed by atoms with Crippen LogP contribution in [0, 0.1) is 17.0 Å². The third kappa shape index (κ3) is 4.47. The fourth-order valence-electron chi connectivity index (χ4n) is 2.79. The van der Waals surface area contributed by atoms with E-state index in [1.807, 2.05) is 0 Å². The maximum Gasteiger partial charge on any atom is 0.416 e. The molecule has 0 aliphatic heterocycles. The van der Waals surface area contributed by atoms with Gasteiger partial charge in [-0.1, -0.05) is 12.1 Å². The zero-order chi connectivity index (χ0) is 22.1. The van der Waals surface area contributed by atoms with Gasteiger partial charge >= 0.3 is 11.9 Å². The number of aromatic nitrogens is 4. The van der Waals surface area contributed by atoms with Crippen LogP contribution in [0.25, 0.3) is 0 Å². The maximum atomic E-state index is 12.9. The van der Waals surface area contributed by atoms with Crippen molar-refractivity contribution in [2.75, 3.05) is 5.32 Å². The lowest BCUT2D eigenvalue weighted by molar-refractivity contribution is -0.385. The highest BCUT2D eigenvalue weighted by Crippen LogP contribution is 2.29. The van der Waals surface area contributed by atoms with Gasteiger partial charge in [0.1, 0.15) is 6.20 Å². The number of benzene rings is 1. The van der Waals surface area contributed by atoms with E-state index in [1.165, 1.54) is 27.6 Å². The van der Waals surface area contributed by atoms with Gasteiger partial charge in [-0.05, 0) is 31.5 Å². The van der Waals surface area contributed by atoms with Crippen molar-refractivity contribution in [2.24, 2.45) is 0 Å². The van der Waals surface area contributed by atoms with Crippen LogP contribution in [-0.4, -0.2) is 30.4 Å². The van der Waals surface area contributed by atoms with Gasteiger partial charge in [0.05, 0.1) is 17.0 Å². The zero-order valence-corrected chi connectivity index (χ0v) is 16.0. The normalized spacial score (nSPS) is 11.5. The van der Waals surface area contributed by atoms with Crippen LogP contribution in [0.4, 0.5) is 24.7 Å². The van der Waals surface area contributed by atoms with Crippen LogP contribution < -0.4 is 5.32 Å². The van der Waals surface area contributed by atoms with E-state index in [-0.39, 0.29) is 18.1 Å². The molecule has 30 heavy (non-hydrogen) atoms. The molecule has 1 aromatic carbocycles. The largest absolute Gasteiger partial charge is 0.416 e. The van der Waals surface area contributed by atoms with E-state index in [0.717, 1.165) is 18.3 Å². The van der Waals surface area contributed by atoms with Crippen molar-refractivity contribution in [3.8, 4) is 0 Å². The van der Waals surface area contributed by atoms with Crippen molar-refractivity contribution in [1.29, 1.82) is 0 Å². The number of nitrogens with one attached hydrogen (secondary N) is 1. The first-order valence-electron chi connectivity index (χ1n) is 8.82. The molecule has 0 atom stereocenters. The van der Waals surface area contributed by atoms with Crippen molar-refractivity contribution >= 4 is 17.4 Å². The van der Waals surface area contributed by atoms with Gasteiger partial charge in [-0.15, -0.1) is 0 Å². The molecule has 12 heteroatoms. The predicted molar refractivity (Wildman–Crippen MR) is 100 cm³/mol. The number of halogens is 3. The summed E-state index contributed by atoms with van der Waals surface area (Å²) in [6, 6.07) is 6.36. The Balaban J connectivity index is 1.80. The summed E-state index contributed by atoms with van der Waals surface area (Å²) in [6.07, 6.45) is -3.29. The summed E-state index contributed by atoms with van der Waals surface area (Å²) in [6.45, 7) is 3.79. The highest BCUT2D eigenvalue weighted by atomic mass is 19.4. The van der Waals surface area contributed by atoms with Crippen LogP contribution in [0.15, 0.2) is 36.5 Å². The minimum Gasteiger partial charge on any atom is -0.303 e. The number of alkyl halides is 3. The molecule has 0 spiro atoms. The molecule has 0 unspecified atom stereocenters. The molecular formula is C18H17F3N6O3. The number of carbonyl (C=O) groups excluding carboxylic acids is 1. The average Bonchev–Trinajstić information content (AvgIpc) is 3.25. The molecule has 0 bridgehead atoms. The molecule has 0 saturated carbocycles. The van der Waals surface area contributed by atoms with Gasteiger partial charge in [-0.2, -0.15) is 23.4 Å². The Bertz CT molecular complexity index is 1100. The number of nitro groups is 1. The van der Waals surface area contributed by atoms with Crippen LogP contribution in [0.2, 0.25) is 0 Å². The number of aryl methyl sites for hydroxylation is 2. The van der Waals surface area contributed by atoms with Crippen molar-refractivity contribution in [3.05, 3.63) is 69.2 Å². The molecule has 0 fully saturated rings. The van der Waals surface area contributed by atoms with E-state index in [9.17, 15) is 28.1 Å². The molecular weight excluding hydrogens is 405 g/mol. The summed E-state index contributed by atoms with van der Waals surface area (Å²) < 4.78 is 41.3. The number of carbonyl (C=O) groups is 1. The SMILES string of the molecule is CCn1cc([N+](=O)[O-])c(C(=O)Nc2cc(C)n(Cc3cccc(C(F)(F)F)c3)n2)n1. The molecule has 9 nitrogen and oxygen atoms in total. The van der Waals surface area contributed by atoms with Crippen molar-refractivity contribution in [1.82, 2.24) is 19.6 Å². The van der Waals surface area contributed by atoms with Crippen LogP contribution in [0.1, 0.15) is 34.2 Å². The number of nitrogens with zero attached hydrogens (tertiary/aromatic N) is 5. The molecule has 1 N–H and O–H groups in total. The summed E-state index contributed by atoms with van der Waals surface area (Å²) in [7, 11) is 0. The number of amides is 1. The van der Waals surface area contributed by atoms with E-state index < -0.39 is 28.3 Å². The Morgan fingerprint density at radius 1 is 1.27 bits per heavy atom. The topological polar surface area (TPSA) is 108 Å². The van der Waals surface area contributed by atoms with Crippen molar-refractivity contribution in [2.45, 2.75) is 33.1 Å². The van der Waals surface area contributed by atoms with Crippen molar-refractivity contribution in [3.63, 3.8) is 0 Å². The van der Waals surface area contributed by atoms with Crippen molar-refractivity contribution < 1.29 is 22.9 Å². The zero-order valence-electron chi connectivity index (χ0n) is 16.0. The summed E-state index contributed by atoms with van der Waals surface area (Å²) in [5, 5.41) is 21.6. The Kier molecular flexibility index (Phi) is 5.58. The molecule has 1 amide bonds. The first-order chi connectivity index (χ1) is 14.1. The maximum absolute atomic E-state index is 12.9. The standard InChI is InChI=1S/C18H17F3N6O3/c1-3-25-10-14(27(29)30)16(24-25)17(28)22-15-7-11(2)26(23-15)9-12-5-4-6-13(8-12)18(19,20)21/h4-8,10H,3,9H2,1-2H3,(H,22,23,28). The molecule has 3 aromatic rings. The van der Waals surface area contributed by atoms with Gasteiger partial charge in [-0.25, -0.2) is 0 Å². The van der Waals surface area contributed by atoms with E-state index in [1.54, 1.807) is 13.8 Å². The first-order valence-corrected chi connectivity index (χ1v) is 8.82. The molecule has 0 radical (unpaired) electrons. The summed E-state index contributed by atoms with van der Waals surface area (Å²) >= 11 is 0. The molecule has 3 rings (SSSR count). The monoisotopic (exact) mass is 422 g/mol. The summed E-state index contributed by atoms with van der Waals surface area (Å²) in [4.78, 5) is 22.9. The molecule has 0 aliphatic carbocycles. The second-order valence-electron chi connectivity index (χ2n) is 6.46. The van der Waals surface area contributed by atoms with Crippen LogP contribution in [0.3, 0.4) is 0 Å². The van der Waals surface area contributed by atoms with Gasteiger partial charge in [0.15, 0.2) is 5.82 Å². The summed E-state index contributed by atoms with van der Waals surface area (Å²) in [5.41, 5.74) is -0.596. The van der Waals surface area contributed by atoms with Gasteiger partial charge in [0.25, 0.3) is 5.91 Å². The number of hydrogen-bond donors (Lipinski definition) is 1. The molecule has 0 saturated heterocycles. The number of hydrogen-bond acceptors (Lipinski definition) is 5. The molecule has 158 valence electrons. The quantitative estimate of drug-likeness (QED) is 0.482. The summed E-state index contributed by atoms with van der Waals surface area (Å²) in [5.74, 6) is -0.706. The van der Waals surface area contributed by atoms with Gasteiger partial charge in [0.2, 0.25) is 5.69 Å². The Morgan fingerprint density at radius 2 is 2.00 bits per heavy atom. The van der Waals surface area contributed by atoms with Gasteiger partial charge in [-0.3, -0.25) is 24.3 Å². The van der Waals surface area contributed by atoms with Gasteiger partial charge < -0.3 is 5.32 Å². The highest BCUT2D eigenvalue weighted by molar-refractivity contribution is 6.05. The average molecular weight is 422 g/mol. The Hall–Kier alpha value is -3.70. The van der Waals surface area contributed by atoms with E-state index >= 15 is 0 Å². The Morgan fingerprint density at radius 3 is 2.63 bits per heavy atom. The lowest BCUT2D eigenvalue weighted by atomic mass is 10.1. The fourth-order valence-corrected chi connectivity index (χ4v) is 2.79. The van der Waals surface area contributed by atoms with Gasteiger partial charge in [0, 0.05) is 18.3 Å². The smallest absolute Gasteiger partial charge is 0.303 e. The van der Waals surface area contributed by atoms with E-state index in [4.69, 9.17) is 0 Å². The highest BCUT2D eigenvalue weighted by Gasteiger charge is 2.30. The minimum atomic E-state index is -4.45. The Labute approximate surface area is 168 Å². The minimum absolute atomic E-state index is 0.0518. The second-order valence-corrected chi connectivity index (χ2v) is 6.46. The molecule has 0 aliphatic rings. The molecule has 2 heterocycles. The van der Waals surface area contributed by atoms with Crippen LogP contribution >= 0.6 is 0 Å². The number of anilines is 1. The third-order valence-corrected chi connectivity index (χ3v) is 4.29. The number of rotatable bonds is 6. The predicted octanol–water partition coefficient (Wildman–Crippen LogP) is 3.64.